The molecule has 1 atom stereocenters. The third kappa shape index (κ3) is 8.10. The van der Waals surface area contributed by atoms with Crippen LogP contribution in [0.1, 0.15) is 60.8 Å². The van der Waals surface area contributed by atoms with Gasteiger partial charge in [0, 0.05) is 19.8 Å². The fourth-order valence-corrected chi connectivity index (χ4v) is 1.88. The zero-order valence-electron chi connectivity index (χ0n) is 13.5. The molecule has 0 aromatic carbocycles. The maximum absolute atomic E-state index is 5.72. The molecule has 2 heteroatoms. The SMILES string of the molecule is CCCCOCCC(C)(CNCC(C)C)C(C)C. The molecule has 0 saturated carbocycles. The Morgan fingerprint density at radius 1 is 1.11 bits per heavy atom. The van der Waals surface area contributed by atoms with Gasteiger partial charge < -0.3 is 10.1 Å². The predicted molar refractivity (Wildman–Crippen MR) is 81.0 cm³/mol. The Balaban J connectivity index is 3.94. The van der Waals surface area contributed by atoms with E-state index in [0.717, 1.165) is 38.6 Å². The van der Waals surface area contributed by atoms with Crippen LogP contribution in [0.3, 0.4) is 0 Å². The van der Waals surface area contributed by atoms with E-state index in [1.165, 1.54) is 12.8 Å². The van der Waals surface area contributed by atoms with Gasteiger partial charge in [-0.25, -0.2) is 0 Å². The van der Waals surface area contributed by atoms with Crippen molar-refractivity contribution >= 4 is 0 Å². The summed E-state index contributed by atoms with van der Waals surface area (Å²) in [4.78, 5) is 0. The van der Waals surface area contributed by atoms with Crippen molar-refractivity contribution in [1.82, 2.24) is 5.32 Å². The van der Waals surface area contributed by atoms with Crippen LogP contribution in [0.5, 0.6) is 0 Å². The van der Waals surface area contributed by atoms with E-state index >= 15 is 0 Å². The van der Waals surface area contributed by atoms with Crippen molar-refractivity contribution in [2.24, 2.45) is 17.3 Å². The third-order valence-corrected chi connectivity index (χ3v) is 3.94. The average Bonchev–Trinajstić information content (AvgIpc) is 2.28. The summed E-state index contributed by atoms with van der Waals surface area (Å²) in [6, 6.07) is 0. The fourth-order valence-electron chi connectivity index (χ4n) is 1.88. The molecular formula is C16H35NO. The Bertz CT molecular complexity index is 192. The van der Waals surface area contributed by atoms with Gasteiger partial charge in [-0.3, -0.25) is 0 Å². The number of unbranched alkanes of at least 4 members (excludes halogenated alkanes) is 1. The number of hydrogen-bond acceptors (Lipinski definition) is 2. The van der Waals surface area contributed by atoms with Crippen LogP contribution in [0.2, 0.25) is 0 Å². The van der Waals surface area contributed by atoms with Gasteiger partial charge in [-0.05, 0) is 36.6 Å². The second-order valence-corrected chi connectivity index (χ2v) is 6.55. The molecule has 0 spiro atoms. The molecule has 0 aliphatic carbocycles. The van der Waals surface area contributed by atoms with Crippen molar-refractivity contribution in [3.8, 4) is 0 Å². The summed E-state index contributed by atoms with van der Waals surface area (Å²) in [5, 5.41) is 3.60. The molecule has 18 heavy (non-hydrogen) atoms. The van der Waals surface area contributed by atoms with E-state index in [9.17, 15) is 0 Å². The Labute approximate surface area is 115 Å². The van der Waals surface area contributed by atoms with E-state index in [4.69, 9.17) is 4.74 Å². The highest BCUT2D eigenvalue weighted by Gasteiger charge is 2.27. The van der Waals surface area contributed by atoms with Gasteiger partial charge in [-0.1, -0.05) is 48.0 Å². The van der Waals surface area contributed by atoms with Crippen LogP contribution >= 0.6 is 0 Å². The first kappa shape index (κ1) is 17.9. The van der Waals surface area contributed by atoms with E-state index in [0.29, 0.717) is 11.3 Å². The summed E-state index contributed by atoms with van der Waals surface area (Å²) in [5.41, 5.74) is 0.348. The summed E-state index contributed by atoms with van der Waals surface area (Å²) < 4.78 is 5.72. The summed E-state index contributed by atoms with van der Waals surface area (Å²) in [7, 11) is 0. The number of rotatable bonds is 11. The monoisotopic (exact) mass is 257 g/mol. The van der Waals surface area contributed by atoms with Crippen molar-refractivity contribution in [1.29, 1.82) is 0 Å². The van der Waals surface area contributed by atoms with Gasteiger partial charge >= 0.3 is 0 Å². The topological polar surface area (TPSA) is 21.3 Å². The van der Waals surface area contributed by atoms with Crippen LogP contribution in [0.15, 0.2) is 0 Å². The highest BCUT2D eigenvalue weighted by atomic mass is 16.5. The van der Waals surface area contributed by atoms with Gasteiger partial charge in [-0.15, -0.1) is 0 Å². The Morgan fingerprint density at radius 2 is 1.78 bits per heavy atom. The summed E-state index contributed by atoms with van der Waals surface area (Å²) in [6.45, 7) is 17.8. The molecule has 0 heterocycles. The molecule has 0 radical (unpaired) electrons. The molecule has 0 fully saturated rings. The first-order chi connectivity index (χ1) is 8.42. The normalized spacial score (nSPS) is 15.3. The maximum Gasteiger partial charge on any atom is 0.0471 e. The number of hydrogen-bond donors (Lipinski definition) is 1. The summed E-state index contributed by atoms with van der Waals surface area (Å²) >= 11 is 0. The van der Waals surface area contributed by atoms with Gasteiger partial charge in [0.2, 0.25) is 0 Å². The van der Waals surface area contributed by atoms with Crippen molar-refractivity contribution < 1.29 is 4.74 Å². The lowest BCUT2D eigenvalue weighted by Crippen LogP contribution is -2.38. The molecule has 0 bridgehead atoms. The maximum atomic E-state index is 5.72. The smallest absolute Gasteiger partial charge is 0.0471 e. The Hall–Kier alpha value is -0.0800. The number of ether oxygens (including phenoxy) is 1. The van der Waals surface area contributed by atoms with Crippen molar-refractivity contribution in [3.05, 3.63) is 0 Å². The molecule has 0 aliphatic heterocycles. The highest BCUT2D eigenvalue weighted by molar-refractivity contribution is 4.80. The molecule has 110 valence electrons. The van der Waals surface area contributed by atoms with E-state index in [2.05, 4.69) is 46.9 Å². The van der Waals surface area contributed by atoms with Gasteiger partial charge in [0.15, 0.2) is 0 Å². The molecule has 0 amide bonds. The third-order valence-electron chi connectivity index (χ3n) is 3.94. The van der Waals surface area contributed by atoms with Gasteiger partial charge in [-0.2, -0.15) is 0 Å². The lowest BCUT2D eigenvalue weighted by Gasteiger charge is -2.34. The van der Waals surface area contributed by atoms with Crippen molar-refractivity contribution in [2.75, 3.05) is 26.3 Å². The zero-order valence-corrected chi connectivity index (χ0v) is 13.5. The molecular weight excluding hydrogens is 222 g/mol. The van der Waals surface area contributed by atoms with Crippen LogP contribution in [0.4, 0.5) is 0 Å². The van der Waals surface area contributed by atoms with Crippen LogP contribution in [-0.2, 0) is 4.74 Å². The van der Waals surface area contributed by atoms with E-state index in [1.54, 1.807) is 0 Å². The molecule has 1 N–H and O–H groups in total. The number of nitrogens with one attached hydrogen (secondary N) is 1. The lowest BCUT2D eigenvalue weighted by molar-refractivity contribution is 0.0772. The van der Waals surface area contributed by atoms with E-state index in [1.807, 2.05) is 0 Å². The molecule has 0 saturated heterocycles. The molecule has 0 aromatic rings. The molecule has 0 aromatic heterocycles. The predicted octanol–water partition coefficient (Wildman–Crippen LogP) is 4.10. The first-order valence-electron chi connectivity index (χ1n) is 7.70. The highest BCUT2D eigenvalue weighted by Crippen LogP contribution is 2.30. The van der Waals surface area contributed by atoms with Crippen LogP contribution in [0, 0.1) is 17.3 Å². The lowest BCUT2D eigenvalue weighted by atomic mass is 9.76. The zero-order chi connectivity index (χ0) is 14.0. The summed E-state index contributed by atoms with van der Waals surface area (Å²) in [6.07, 6.45) is 3.56. The second kappa shape index (κ2) is 9.80. The van der Waals surface area contributed by atoms with Gasteiger partial charge in [0.25, 0.3) is 0 Å². The fraction of sp³-hybridized carbons (Fsp3) is 1.00. The van der Waals surface area contributed by atoms with Crippen molar-refractivity contribution in [3.63, 3.8) is 0 Å². The average molecular weight is 257 g/mol. The van der Waals surface area contributed by atoms with Crippen LogP contribution in [-0.4, -0.2) is 26.3 Å². The second-order valence-electron chi connectivity index (χ2n) is 6.55. The van der Waals surface area contributed by atoms with E-state index < -0.39 is 0 Å². The minimum Gasteiger partial charge on any atom is -0.381 e. The largest absolute Gasteiger partial charge is 0.381 e. The Morgan fingerprint density at radius 3 is 2.28 bits per heavy atom. The van der Waals surface area contributed by atoms with Gasteiger partial charge in [0.1, 0.15) is 0 Å². The molecule has 0 rings (SSSR count). The van der Waals surface area contributed by atoms with Gasteiger partial charge in [0.05, 0.1) is 0 Å². The standard InChI is InChI=1S/C16H35NO/c1-7-8-10-18-11-9-16(6,15(4)5)13-17-12-14(2)3/h14-15,17H,7-13H2,1-6H3. The van der Waals surface area contributed by atoms with Crippen molar-refractivity contribution in [2.45, 2.75) is 60.8 Å². The molecule has 0 aliphatic rings. The van der Waals surface area contributed by atoms with Crippen LogP contribution < -0.4 is 5.32 Å². The first-order valence-corrected chi connectivity index (χ1v) is 7.70. The quantitative estimate of drug-likeness (QED) is 0.563. The van der Waals surface area contributed by atoms with Crippen LogP contribution in [0.25, 0.3) is 0 Å². The minimum absolute atomic E-state index is 0.348. The molecule has 1 unspecified atom stereocenters. The van der Waals surface area contributed by atoms with E-state index in [-0.39, 0.29) is 0 Å². The molecule has 2 nitrogen and oxygen atoms in total. The minimum atomic E-state index is 0.348. The summed E-state index contributed by atoms with van der Waals surface area (Å²) in [5.74, 6) is 1.41. The Kier molecular flexibility index (Phi) is 9.76.